The molecule has 1 saturated heterocycles. The number of nitrogens with zero attached hydrogens (tertiary/aromatic N) is 2. The number of rotatable bonds is 7. The van der Waals surface area contributed by atoms with E-state index in [4.69, 9.17) is 9.47 Å². The Kier molecular flexibility index (Phi) is 6.60. The zero-order valence-electron chi connectivity index (χ0n) is 17.9. The molecule has 1 fully saturated rings. The van der Waals surface area contributed by atoms with Gasteiger partial charge in [0.05, 0.1) is 17.7 Å². The Balaban J connectivity index is 1.55. The van der Waals surface area contributed by atoms with Gasteiger partial charge >= 0.3 is 0 Å². The molecule has 1 aliphatic rings. The molecule has 3 aromatic rings. The number of para-hydroxylation sites is 1. The van der Waals surface area contributed by atoms with Crippen molar-refractivity contribution in [1.82, 2.24) is 5.43 Å². The second-order valence-electron chi connectivity index (χ2n) is 7.21. The maximum Gasteiger partial charge on any atom is 0.282 e. The van der Waals surface area contributed by atoms with Gasteiger partial charge in [0.2, 0.25) is 0 Å². The number of carbonyl (C=O) groups excluding carboxylic acids is 2. The molecule has 0 aliphatic carbocycles. The lowest BCUT2D eigenvalue weighted by Gasteiger charge is -2.14. The number of hydrogen-bond donors (Lipinski definition) is 1. The quantitative estimate of drug-likeness (QED) is 0.212. The molecule has 0 atom stereocenters. The van der Waals surface area contributed by atoms with Gasteiger partial charge in [-0.15, -0.1) is 0 Å². The molecule has 172 valence electrons. The molecule has 0 radical (unpaired) electrons. The van der Waals surface area contributed by atoms with Crippen LogP contribution in [0.4, 0.5) is 11.4 Å². The van der Waals surface area contributed by atoms with Crippen LogP contribution < -0.4 is 19.9 Å². The maximum absolute atomic E-state index is 12.8. The predicted octanol–water partition coefficient (Wildman–Crippen LogP) is 4.41. The van der Waals surface area contributed by atoms with Crippen LogP contribution in [-0.4, -0.2) is 23.8 Å². The van der Waals surface area contributed by atoms with Crippen molar-refractivity contribution in [1.29, 1.82) is 0 Å². The number of carbonyl (C=O) groups is 2. The second kappa shape index (κ2) is 9.75. The van der Waals surface area contributed by atoms with Gasteiger partial charge in [0.15, 0.2) is 11.5 Å². The highest BCUT2D eigenvalue weighted by atomic mass is 79.9. The fourth-order valence-corrected chi connectivity index (χ4v) is 3.72. The molecule has 10 heteroatoms. The van der Waals surface area contributed by atoms with Gasteiger partial charge in [-0.1, -0.05) is 34.1 Å². The number of methoxy groups -OCH3 is 1. The first-order valence-corrected chi connectivity index (χ1v) is 10.8. The average Bonchev–Trinajstić information content (AvgIpc) is 3.13. The van der Waals surface area contributed by atoms with Gasteiger partial charge in [0.25, 0.3) is 17.5 Å². The Hall–Kier alpha value is -4.18. The SMILES string of the molecule is COc1cc(/C=C2/C(=O)NN(c3ccccc3)C2=O)c(Br)cc1OCc1ccc([N+](=O)[O-])cc1. The van der Waals surface area contributed by atoms with E-state index < -0.39 is 16.7 Å². The number of nitro benzene ring substituents is 1. The lowest BCUT2D eigenvalue weighted by Crippen LogP contribution is -2.35. The summed E-state index contributed by atoms with van der Waals surface area (Å²) in [5.74, 6) is -0.176. The zero-order valence-corrected chi connectivity index (χ0v) is 19.4. The van der Waals surface area contributed by atoms with E-state index in [0.717, 1.165) is 5.56 Å². The average molecular weight is 524 g/mol. The summed E-state index contributed by atoms with van der Waals surface area (Å²) in [7, 11) is 1.48. The van der Waals surface area contributed by atoms with Crippen LogP contribution in [0, 0.1) is 10.1 Å². The first-order valence-electron chi connectivity index (χ1n) is 10.0. The Morgan fingerprint density at radius 2 is 1.76 bits per heavy atom. The largest absolute Gasteiger partial charge is 0.493 e. The van der Waals surface area contributed by atoms with Crippen molar-refractivity contribution in [3.8, 4) is 11.5 Å². The molecule has 0 saturated carbocycles. The molecule has 4 rings (SSSR count). The van der Waals surface area contributed by atoms with Gasteiger partial charge in [-0.05, 0) is 53.6 Å². The summed E-state index contributed by atoms with van der Waals surface area (Å²) in [5.41, 5.74) is 4.38. The van der Waals surface area contributed by atoms with E-state index in [1.165, 1.54) is 30.3 Å². The van der Waals surface area contributed by atoms with Crippen molar-refractivity contribution >= 4 is 45.2 Å². The normalized spacial score (nSPS) is 14.3. The summed E-state index contributed by atoms with van der Waals surface area (Å²) in [5, 5.41) is 12.0. The Morgan fingerprint density at radius 3 is 2.41 bits per heavy atom. The molecule has 9 nitrogen and oxygen atoms in total. The molecular weight excluding hydrogens is 506 g/mol. The molecule has 1 N–H and O–H groups in total. The number of nitrogens with one attached hydrogen (secondary N) is 1. The number of hydrazine groups is 1. The number of nitro groups is 1. The Bertz CT molecular complexity index is 1290. The van der Waals surface area contributed by atoms with Crippen molar-refractivity contribution in [2.45, 2.75) is 6.61 Å². The molecule has 3 aromatic carbocycles. The van der Waals surface area contributed by atoms with Crippen molar-refractivity contribution in [3.63, 3.8) is 0 Å². The summed E-state index contributed by atoms with van der Waals surface area (Å²) >= 11 is 3.46. The highest BCUT2D eigenvalue weighted by molar-refractivity contribution is 9.10. The van der Waals surface area contributed by atoms with Crippen LogP contribution in [0.25, 0.3) is 6.08 Å². The van der Waals surface area contributed by atoms with Crippen LogP contribution in [0.1, 0.15) is 11.1 Å². The fourth-order valence-electron chi connectivity index (χ4n) is 3.28. The van der Waals surface area contributed by atoms with Gasteiger partial charge in [-0.25, -0.2) is 5.01 Å². The van der Waals surface area contributed by atoms with Crippen LogP contribution >= 0.6 is 15.9 Å². The van der Waals surface area contributed by atoms with E-state index in [2.05, 4.69) is 21.4 Å². The van der Waals surface area contributed by atoms with E-state index in [1.807, 2.05) is 6.07 Å². The summed E-state index contributed by atoms with van der Waals surface area (Å²) in [6.45, 7) is 0.161. The van der Waals surface area contributed by atoms with Crippen molar-refractivity contribution < 1.29 is 24.0 Å². The highest BCUT2D eigenvalue weighted by Gasteiger charge is 2.34. The zero-order chi connectivity index (χ0) is 24.2. The summed E-state index contributed by atoms with van der Waals surface area (Å²) in [6.07, 6.45) is 1.48. The van der Waals surface area contributed by atoms with E-state index in [-0.39, 0.29) is 17.9 Å². The van der Waals surface area contributed by atoms with E-state index in [1.54, 1.807) is 48.5 Å². The Labute approximate surface area is 202 Å². The molecule has 34 heavy (non-hydrogen) atoms. The van der Waals surface area contributed by atoms with Crippen LogP contribution in [0.2, 0.25) is 0 Å². The minimum atomic E-state index is -0.516. The minimum Gasteiger partial charge on any atom is -0.493 e. The second-order valence-corrected chi connectivity index (χ2v) is 8.07. The molecule has 0 aromatic heterocycles. The Morgan fingerprint density at radius 1 is 1.06 bits per heavy atom. The molecule has 0 unspecified atom stereocenters. The monoisotopic (exact) mass is 523 g/mol. The standard InChI is InChI=1S/C24H18BrN3O6/c1-33-21-12-16(11-19-23(29)26-27(24(19)30)17-5-3-2-4-6-17)20(25)13-22(21)34-14-15-7-9-18(10-8-15)28(31)32/h2-13H,14H2,1H3,(H,26,29)/b19-11-. The van der Waals surface area contributed by atoms with Gasteiger partial charge < -0.3 is 9.47 Å². The lowest BCUT2D eigenvalue weighted by molar-refractivity contribution is -0.384. The fraction of sp³-hybridized carbons (Fsp3) is 0.0833. The van der Waals surface area contributed by atoms with Crippen LogP contribution in [0.15, 0.2) is 76.8 Å². The number of halogens is 1. The lowest BCUT2D eigenvalue weighted by atomic mass is 10.1. The van der Waals surface area contributed by atoms with Gasteiger partial charge in [0, 0.05) is 16.6 Å². The third kappa shape index (κ3) is 4.76. The van der Waals surface area contributed by atoms with Gasteiger partial charge in [-0.3, -0.25) is 25.1 Å². The number of benzene rings is 3. The number of amides is 2. The summed E-state index contributed by atoms with van der Waals surface area (Å²) < 4.78 is 11.8. The molecular formula is C24H18BrN3O6. The number of ether oxygens (including phenoxy) is 2. The van der Waals surface area contributed by atoms with E-state index in [0.29, 0.717) is 27.2 Å². The van der Waals surface area contributed by atoms with Crippen LogP contribution in [0.5, 0.6) is 11.5 Å². The summed E-state index contributed by atoms with van der Waals surface area (Å²) in [4.78, 5) is 35.6. The topological polar surface area (TPSA) is 111 Å². The first kappa shape index (κ1) is 23.0. The van der Waals surface area contributed by atoms with Crippen molar-refractivity contribution in [3.05, 3.63) is 98.0 Å². The van der Waals surface area contributed by atoms with E-state index in [9.17, 15) is 19.7 Å². The molecule has 2 amide bonds. The number of anilines is 1. The van der Waals surface area contributed by atoms with Gasteiger partial charge in [-0.2, -0.15) is 0 Å². The van der Waals surface area contributed by atoms with Crippen molar-refractivity contribution in [2.24, 2.45) is 0 Å². The van der Waals surface area contributed by atoms with Crippen molar-refractivity contribution in [2.75, 3.05) is 12.1 Å². The summed E-state index contributed by atoms with van der Waals surface area (Å²) in [6, 6.07) is 18.2. The minimum absolute atomic E-state index is 0.00204. The van der Waals surface area contributed by atoms with Crippen LogP contribution in [-0.2, 0) is 16.2 Å². The third-order valence-corrected chi connectivity index (χ3v) is 5.72. The third-order valence-electron chi connectivity index (χ3n) is 5.03. The molecule has 1 heterocycles. The number of non-ortho nitro benzene ring substituents is 1. The van der Waals surface area contributed by atoms with E-state index >= 15 is 0 Å². The number of hydrogen-bond acceptors (Lipinski definition) is 6. The maximum atomic E-state index is 12.8. The predicted molar refractivity (Wildman–Crippen MR) is 128 cm³/mol. The smallest absolute Gasteiger partial charge is 0.282 e. The molecule has 0 spiro atoms. The highest BCUT2D eigenvalue weighted by Crippen LogP contribution is 2.36. The van der Waals surface area contributed by atoms with Crippen LogP contribution in [0.3, 0.4) is 0 Å². The molecule has 0 bridgehead atoms. The molecule has 1 aliphatic heterocycles. The first-order chi connectivity index (χ1) is 16.4. The van der Waals surface area contributed by atoms with Gasteiger partial charge in [0.1, 0.15) is 12.2 Å².